The number of nitrogens with one attached hydrogen (secondary N) is 1. The number of hydrogen-bond donors (Lipinski definition) is 2. The maximum absolute atomic E-state index is 12.2. The van der Waals surface area contributed by atoms with Gasteiger partial charge in [-0.05, 0) is 23.8 Å². The molecule has 3 N–H and O–H groups in total. The monoisotopic (exact) mass is 385 g/mol. The van der Waals surface area contributed by atoms with Crippen LogP contribution in [0.3, 0.4) is 0 Å². The number of fused-ring (bicyclic) bond motifs is 3. The maximum atomic E-state index is 12.2. The third-order valence-electron chi connectivity index (χ3n) is 4.72. The first kappa shape index (κ1) is 15.4. The minimum absolute atomic E-state index is 0.0442. The van der Waals surface area contributed by atoms with Gasteiger partial charge < -0.3 is 15.0 Å². The molecule has 122 valence electrons. The zero-order valence-corrected chi connectivity index (χ0v) is 14.8. The number of halogens is 1. The standard InChI is InChI=1S/C19H17BrN2O2/c1-24-19(23)16-10-14-13-7-2-3-8-15(13)21-18(14)17(22-16)11-5-4-6-12(20)9-11/h2-9,16-17,21-22H,10H2,1H3/p+1/t16-,17+/m1/s1. The van der Waals surface area contributed by atoms with Crippen molar-refractivity contribution in [2.75, 3.05) is 7.11 Å². The van der Waals surface area contributed by atoms with Crippen LogP contribution < -0.4 is 5.32 Å². The number of aromatic amines is 1. The van der Waals surface area contributed by atoms with E-state index < -0.39 is 0 Å². The summed E-state index contributed by atoms with van der Waals surface area (Å²) in [5.74, 6) is -0.175. The molecule has 3 aromatic rings. The second-order valence-electron chi connectivity index (χ2n) is 6.12. The number of ether oxygens (including phenoxy) is 1. The number of para-hydroxylation sites is 1. The van der Waals surface area contributed by atoms with Crippen LogP contribution in [-0.4, -0.2) is 24.1 Å². The van der Waals surface area contributed by atoms with E-state index in [0.29, 0.717) is 6.42 Å². The fourth-order valence-electron chi connectivity index (χ4n) is 3.61. The Kier molecular flexibility index (Phi) is 3.90. The Balaban J connectivity index is 1.88. The number of hydrogen-bond acceptors (Lipinski definition) is 2. The SMILES string of the molecule is COC(=O)[C@H]1Cc2c([nH]c3ccccc23)[C@H](c2cccc(Br)c2)[NH2+]1. The number of esters is 1. The summed E-state index contributed by atoms with van der Waals surface area (Å²) in [5.41, 5.74) is 4.66. The normalized spacial score (nSPS) is 19.9. The van der Waals surface area contributed by atoms with Crippen molar-refractivity contribution in [2.24, 2.45) is 0 Å². The molecule has 2 heterocycles. The van der Waals surface area contributed by atoms with Crippen LogP contribution in [0.2, 0.25) is 0 Å². The summed E-state index contributed by atoms with van der Waals surface area (Å²) in [6.07, 6.45) is 0.677. The molecule has 0 saturated carbocycles. The van der Waals surface area contributed by atoms with Crippen LogP contribution >= 0.6 is 15.9 Å². The highest BCUT2D eigenvalue weighted by Gasteiger charge is 2.38. The molecule has 1 aromatic heterocycles. The van der Waals surface area contributed by atoms with Crippen molar-refractivity contribution in [3.63, 3.8) is 0 Å². The van der Waals surface area contributed by atoms with Crippen molar-refractivity contribution in [1.82, 2.24) is 4.98 Å². The molecule has 0 aliphatic carbocycles. The van der Waals surface area contributed by atoms with Crippen molar-refractivity contribution in [3.05, 3.63) is 69.8 Å². The van der Waals surface area contributed by atoms with E-state index in [-0.39, 0.29) is 18.1 Å². The van der Waals surface area contributed by atoms with E-state index in [4.69, 9.17) is 4.74 Å². The molecule has 24 heavy (non-hydrogen) atoms. The largest absolute Gasteiger partial charge is 0.465 e. The van der Waals surface area contributed by atoms with Crippen molar-refractivity contribution >= 4 is 32.8 Å². The van der Waals surface area contributed by atoms with Gasteiger partial charge in [0.1, 0.15) is 0 Å². The van der Waals surface area contributed by atoms with E-state index >= 15 is 0 Å². The lowest BCUT2D eigenvalue weighted by atomic mass is 9.90. The number of benzene rings is 2. The molecule has 1 aliphatic rings. The van der Waals surface area contributed by atoms with Gasteiger partial charge in [0.15, 0.2) is 12.1 Å². The van der Waals surface area contributed by atoms with Crippen molar-refractivity contribution in [2.45, 2.75) is 18.5 Å². The molecule has 0 amide bonds. The van der Waals surface area contributed by atoms with Crippen LogP contribution in [0.1, 0.15) is 22.9 Å². The summed E-state index contributed by atoms with van der Waals surface area (Å²) < 4.78 is 6.05. The van der Waals surface area contributed by atoms with Gasteiger partial charge in [-0.15, -0.1) is 0 Å². The average molecular weight is 386 g/mol. The number of H-pyrrole nitrogens is 1. The van der Waals surface area contributed by atoms with Gasteiger partial charge >= 0.3 is 5.97 Å². The molecular weight excluding hydrogens is 368 g/mol. The Morgan fingerprint density at radius 3 is 2.88 bits per heavy atom. The van der Waals surface area contributed by atoms with Crippen LogP contribution in [0.4, 0.5) is 0 Å². The highest BCUT2D eigenvalue weighted by Crippen LogP contribution is 2.32. The van der Waals surface area contributed by atoms with E-state index in [1.165, 1.54) is 23.8 Å². The van der Waals surface area contributed by atoms with Crippen LogP contribution in [0, 0.1) is 0 Å². The fraction of sp³-hybridized carbons (Fsp3) is 0.211. The first-order valence-corrected chi connectivity index (χ1v) is 8.74. The quantitative estimate of drug-likeness (QED) is 0.666. The van der Waals surface area contributed by atoms with Gasteiger partial charge in [0.25, 0.3) is 0 Å². The molecule has 2 aromatic carbocycles. The molecule has 0 fully saturated rings. The molecule has 0 saturated heterocycles. The van der Waals surface area contributed by atoms with Crippen LogP contribution in [0.15, 0.2) is 53.0 Å². The molecular formula is C19H18BrN2O2+. The minimum Gasteiger partial charge on any atom is -0.465 e. The van der Waals surface area contributed by atoms with Crippen LogP contribution in [0.5, 0.6) is 0 Å². The third-order valence-corrected chi connectivity index (χ3v) is 5.21. The lowest BCUT2D eigenvalue weighted by molar-refractivity contribution is -0.712. The maximum Gasteiger partial charge on any atom is 0.364 e. The van der Waals surface area contributed by atoms with Gasteiger partial charge in [0.05, 0.1) is 12.8 Å². The van der Waals surface area contributed by atoms with E-state index in [9.17, 15) is 4.79 Å². The number of quaternary nitrogens is 1. The number of nitrogens with two attached hydrogens (primary N) is 1. The molecule has 0 bridgehead atoms. The first-order chi connectivity index (χ1) is 11.7. The lowest BCUT2D eigenvalue weighted by Crippen LogP contribution is -2.94. The highest BCUT2D eigenvalue weighted by molar-refractivity contribution is 9.10. The van der Waals surface area contributed by atoms with E-state index in [1.807, 2.05) is 24.3 Å². The molecule has 1 aliphatic heterocycles. The molecule has 5 heteroatoms. The van der Waals surface area contributed by atoms with Gasteiger partial charge in [0.2, 0.25) is 0 Å². The molecule has 0 spiro atoms. The number of methoxy groups -OCH3 is 1. The highest BCUT2D eigenvalue weighted by atomic mass is 79.9. The topological polar surface area (TPSA) is 58.7 Å². The Morgan fingerprint density at radius 1 is 1.25 bits per heavy atom. The summed E-state index contributed by atoms with van der Waals surface area (Å²) >= 11 is 3.55. The smallest absolute Gasteiger partial charge is 0.364 e. The second-order valence-corrected chi connectivity index (χ2v) is 7.04. The fourth-order valence-corrected chi connectivity index (χ4v) is 4.03. The van der Waals surface area contributed by atoms with Crippen molar-refractivity contribution < 1.29 is 14.8 Å². The van der Waals surface area contributed by atoms with Gasteiger partial charge in [-0.1, -0.05) is 46.3 Å². The van der Waals surface area contributed by atoms with Gasteiger partial charge in [-0.25, -0.2) is 4.79 Å². The first-order valence-electron chi connectivity index (χ1n) is 7.95. The van der Waals surface area contributed by atoms with Gasteiger partial charge in [-0.3, -0.25) is 0 Å². The lowest BCUT2D eigenvalue weighted by Gasteiger charge is -2.27. The van der Waals surface area contributed by atoms with Crippen LogP contribution in [0.25, 0.3) is 10.9 Å². The number of carbonyl (C=O) groups excluding carboxylic acids is 1. The predicted octanol–water partition coefficient (Wildman–Crippen LogP) is 2.68. The van der Waals surface area contributed by atoms with E-state index in [2.05, 4.69) is 50.5 Å². The zero-order valence-electron chi connectivity index (χ0n) is 13.3. The van der Waals surface area contributed by atoms with Gasteiger partial charge in [-0.2, -0.15) is 0 Å². The number of rotatable bonds is 2. The summed E-state index contributed by atoms with van der Waals surface area (Å²) in [6.45, 7) is 0. The molecule has 4 nitrogen and oxygen atoms in total. The number of carbonyl (C=O) groups is 1. The minimum atomic E-state index is -0.231. The second kappa shape index (κ2) is 6.07. The van der Waals surface area contributed by atoms with Crippen molar-refractivity contribution in [3.8, 4) is 0 Å². The third kappa shape index (κ3) is 2.54. The Hall–Kier alpha value is -2.11. The molecule has 0 radical (unpaired) electrons. The summed E-state index contributed by atoms with van der Waals surface area (Å²) in [6, 6.07) is 16.3. The summed E-state index contributed by atoms with van der Waals surface area (Å²) in [4.78, 5) is 15.8. The van der Waals surface area contributed by atoms with Crippen LogP contribution in [-0.2, 0) is 16.0 Å². The summed E-state index contributed by atoms with van der Waals surface area (Å²) in [7, 11) is 1.45. The Labute approximate surface area is 148 Å². The van der Waals surface area contributed by atoms with Gasteiger partial charge in [0, 0.05) is 27.4 Å². The predicted molar refractivity (Wildman–Crippen MR) is 95.7 cm³/mol. The number of aromatic nitrogens is 1. The Bertz CT molecular complexity index is 919. The molecule has 4 rings (SSSR count). The molecule has 2 atom stereocenters. The Morgan fingerprint density at radius 2 is 2.08 bits per heavy atom. The average Bonchev–Trinajstić information content (AvgIpc) is 2.99. The van der Waals surface area contributed by atoms with E-state index in [1.54, 1.807) is 0 Å². The molecule has 0 unspecified atom stereocenters. The van der Waals surface area contributed by atoms with E-state index in [0.717, 1.165) is 15.6 Å². The zero-order chi connectivity index (χ0) is 16.7. The van der Waals surface area contributed by atoms with Crippen molar-refractivity contribution in [1.29, 1.82) is 0 Å². The summed E-state index contributed by atoms with van der Waals surface area (Å²) in [5, 5.41) is 3.29.